The van der Waals surface area contributed by atoms with Gasteiger partial charge in [-0.2, -0.15) is 0 Å². The largest absolute Gasteiger partial charge is 0.370 e. The number of nitrogens with zero attached hydrogens (tertiary/aromatic N) is 4. The molecule has 2 aromatic rings. The van der Waals surface area contributed by atoms with Crippen LogP contribution in [0.2, 0.25) is 0 Å². The first kappa shape index (κ1) is 16.2. The number of halogens is 1. The third-order valence-corrected chi connectivity index (χ3v) is 4.82. The van der Waals surface area contributed by atoms with E-state index in [0.29, 0.717) is 17.8 Å². The maximum Gasteiger partial charge on any atom is 0.223 e. The summed E-state index contributed by atoms with van der Waals surface area (Å²) in [7, 11) is 0. The topological polar surface area (TPSA) is 75.6 Å². The summed E-state index contributed by atoms with van der Waals surface area (Å²) in [6, 6.07) is 2.16. The average molecular weight is 342 g/mol. The average Bonchev–Trinajstić information content (AvgIpc) is 3.47. The molecule has 132 valence electrons. The van der Waals surface area contributed by atoms with Crippen molar-refractivity contribution in [1.29, 1.82) is 0 Å². The summed E-state index contributed by atoms with van der Waals surface area (Å²) >= 11 is 0. The summed E-state index contributed by atoms with van der Waals surface area (Å²) in [5.41, 5.74) is 0.142. The Morgan fingerprint density at radius 1 is 1.04 bits per heavy atom. The summed E-state index contributed by atoms with van der Waals surface area (Å²) in [5.74, 6) is 1.67. The number of anilines is 2. The minimum Gasteiger partial charge on any atom is -0.370 e. The molecule has 2 aliphatic rings. The lowest BCUT2D eigenvalue weighted by Crippen LogP contribution is -2.23. The Labute approximate surface area is 146 Å². The van der Waals surface area contributed by atoms with Crippen molar-refractivity contribution in [3.05, 3.63) is 24.3 Å². The van der Waals surface area contributed by atoms with Crippen LogP contribution in [0, 0.1) is 11.7 Å². The fourth-order valence-corrected chi connectivity index (χ4v) is 3.17. The maximum absolute atomic E-state index is 14.2. The molecule has 0 saturated heterocycles. The Morgan fingerprint density at radius 3 is 2.68 bits per heavy atom. The molecule has 2 fully saturated rings. The molecule has 0 atom stereocenters. The third kappa shape index (κ3) is 4.21. The zero-order valence-electron chi connectivity index (χ0n) is 14.2. The Morgan fingerprint density at radius 2 is 1.88 bits per heavy atom. The van der Waals surface area contributed by atoms with Crippen LogP contribution in [0.4, 0.5) is 16.2 Å². The van der Waals surface area contributed by atoms with Gasteiger partial charge in [-0.15, -0.1) is 0 Å². The van der Waals surface area contributed by atoms with E-state index in [2.05, 4.69) is 30.6 Å². The van der Waals surface area contributed by atoms with E-state index in [1.807, 2.05) is 0 Å². The fraction of sp³-hybridized carbons (Fsp3) is 0.556. The van der Waals surface area contributed by atoms with Crippen LogP contribution in [0.15, 0.2) is 18.5 Å². The Balaban J connectivity index is 1.51. The molecule has 0 amide bonds. The number of rotatable bonds is 6. The molecule has 0 unspecified atom stereocenters. The van der Waals surface area contributed by atoms with Gasteiger partial charge in [-0.05, 0) is 37.7 Å². The van der Waals surface area contributed by atoms with Gasteiger partial charge in [-0.25, -0.2) is 24.3 Å². The van der Waals surface area contributed by atoms with E-state index in [1.165, 1.54) is 38.3 Å². The first-order valence-electron chi connectivity index (χ1n) is 9.14. The van der Waals surface area contributed by atoms with Gasteiger partial charge in [0.1, 0.15) is 11.5 Å². The van der Waals surface area contributed by atoms with E-state index in [9.17, 15) is 4.39 Å². The number of aromatic nitrogens is 4. The molecule has 0 radical (unpaired) electrons. The molecule has 7 heteroatoms. The zero-order chi connectivity index (χ0) is 17.1. The van der Waals surface area contributed by atoms with Crippen molar-refractivity contribution in [2.75, 3.05) is 17.2 Å². The van der Waals surface area contributed by atoms with E-state index < -0.39 is 5.82 Å². The molecular weight excluding hydrogens is 319 g/mol. The molecule has 2 N–H and O–H groups in total. The molecule has 0 aliphatic heterocycles. The lowest BCUT2D eigenvalue weighted by Gasteiger charge is -2.22. The van der Waals surface area contributed by atoms with Crippen molar-refractivity contribution in [3.63, 3.8) is 0 Å². The van der Waals surface area contributed by atoms with Crippen molar-refractivity contribution in [2.45, 2.75) is 51.0 Å². The molecule has 6 nitrogen and oxygen atoms in total. The Kier molecular flexibility index (Phi) is 4.72. The van der Waals surface area contributed by atoms with Crippen LogP contribution in [0.5, 0.6) is 0 Å². The van der Waals surface area contributed by atoms with E-state index >= 15 is 0 Å². The van der Waals surface area contributed by atoms with Crippen molar-refractivity contribution in [1.82, 2.24) is 19.9 Å². The third-order valence-electron chi connectivity index (χ3n) is 4.82. The van der Waals surface area contributed by atoms with Gasteiger partial charge >= 0.3 is 0 Å². The fourth-order valence-electron chi connectivity index (χ4n) is 3.17. The summed E-state index contributed by atoms with van der Waals surface area (Å²) in [5, 5.41) is 6.61. The van der Waals surface area contributed by atoms with Gasteiger partial charge in [0, 0.05) is 18.8 Å². The number of hydrogen-bond acceptors (Lipinski definition) is 6. The second kappa shape index (κ2) is 7.29. The van der Waals surface area contributed by atoms with Crippen LogP contribution >= 0.6 is 0 Å². The molecule has 0 spiro atoms. The summed E-state index contributed by atoms with van der Waals surface area (Å²) in [6.45, 7) is 0.900. The van der Waals surface area contributed by atoms with Gasteiger partial charge in [0.05, 0.1) is 6.20 Å². The van der Waals surface area contributed by atoms with E-state index in [4.69, 9.17) is 0 Å². The van der Waals surface area contributed by atoms with Crippen LogP contribution < -0.4 is 10.6 Å². The first-order valence-corrected chi connectivity index (χ1v) is 9.14. The van der Waals surface area contributed by atoms with Gasteiger partial charge in [-0.3, -0.25) is 0 Å². The SMILES string of the molecule is Fc1cnc(NC2CCCCC2)nc1-c1nccc(NCC2CC2)n1. The van der Waals surface area contributed by atoms with Crippen LogP contribution in [0.25, 0.3) is 11.5 Å². The smallest absolute Gasteiger partial charge is 0.223 e. The zero-order valence-corrected chi connectivity index (χ0v) is 14.2. The molecule has 4 rings (SSSR count). The quantitative estimate of drug-likeness (QED) is 0.835. The second-order valence-electron chi connectivity index (χ2n) is 6.96. The van der Waals surface area contributed by atoms with Crippen LogP contribution in [-0.2, 0) is 0 Å². The molecular formula is C18H23FN6. The predicted molar refractivity (Wildman–Crippen MR) is 94.7 cm³/mol. The van der Waals surface area contributed by atoms with Gasteiger partial charge in [0.2, 0.25) is 5.95 Å². The van der Waals surface area contributed by atoms with E-state index in [1.54, 1.807) is 12.3 Å². The summed E-state index contributed by atoms with van der Waals surface area (Å²) in [6.07, 6.45) is 11.3. The lowest BCUT2D eigenvalue weighted by atomic mass is 9.96. The molecule has 2 saturated carbocycles. The highest BCUT2D eigenvalue weighted by molar-refractivity contribution is 5.54. The van der Waals surface area contributed by atoms with Gasteiger partial charge in [0.25, 0.3) is 0 Å². The van der Waals surface area contributed by atoms with Gasteiger partial charge in [-0.1, -0.05) is 19.3 Å². The Bertz CT molecular complexity index is 727. The van der Waals surface area contributed by atoms with Crippen molar-refractivity contribution < 1.29 is 4.39 Å². The predicted octanol–water partition coefficient (Wildman–Crippen LogP) is 3.64. The van der Waals surface area contributed by atoms with E-state index in [0.717, 1.165) is 25.3 Å². The van der Waals surface area contributed by atoms with Gasteiger partial charge < -0.3 is 10.6 Å². The number of nitrogens with one attached hydrogen (secondary N) is 2. The van der Waals surface area contributed by atoms with Crippen LogP contribution in [0.1, 0.15) is 44.9 Å². The van der Waals surface area contributed by atoms with Gasteiger partial charge in [0.15, 0.2) is 11.6 Å². The van der Waals surface area contributed by atoms with E-state index in [-0.39, 0.29) is 11.5 Å². The van der Waals surface area contributed by atoms with Crippen LogP contribution in [0.3, 0.4) is 0 Å². The highest BCUT2D eigenvalue weighted by atomic mass is 19.1. The normalized spacial score (nSPS) is 18.1. The van der Waals surface area contributed by atoms with Crippen molar-refractivity contribution in [3.8, 4) is 11.5 Å². The van der Waals surface area contributed by atoms with Crippen LogP contribution in [-0.4, -0.2) is 32.5 Å². The molecule has 2 aromatic heterocycles. The monoisotopic (exact) mass is 342 g/mol. The highest BCUT2D eigenvalue weighted by Gasteiger charge is 2.21. The second-order valence-corrected chi connectivity index (χ2v) is 6.96. The number of hydrogen-bond donors (Lipinski definition) is 2. The minimum absolute atomic E-state index is 0.142. The molecule has 2 heterocycles. The summed E-state index contributed by atoms with van der Waals surface area (Å²) < 4.78 is 14.2. The Hall–Kier alpha value is -2.31. The lowest BCUT2D eigenvalue weighted by molar-refractivity contribution is 0.460. The maximum atomic E-state index is 14.2. The van der Waals surface area contributed by atoms with Crippen molar-refractivity contribution >= 4 is 11.8 Å². The summed E-state index contributed by atoms with van der Waals surface area (Å²) in [4.78, 5) is 17.0. The highest BCUT2D eigenvalue weighted by Crippen LogP contribution is 2.29. The molecule has 0 aromatic carbocycles. The molecule has 0 bridgehead atoms. The first-order chi connectivity index (χ1) is 12.3. The minimum atomic E-state index is -0.506. The molecule has 2 aliphatic carbocycles. The standard InChI is InChI=1S/C18H23FN6/c19-14-11-22-18(23-13-4-2-1-3-5-13)25-16(14)17-20-9-8-15(24-17)21-10-12-6-7-12/h8-9,11-13H,1-7,10H2,(H,20,21,24)(H,22,23,25). The molecule has 25 heavy (non-hydrogen) atoms. The van der Waals surface area contributed by atoms with Crippen molar-refractivity contribution in [2.24, 2.45) is 5.92 Å².